The summed E-state index contributed by atoms with van der Waals surface area (Å²) in [4.78, 5) is 19.1. The van der Waals surface area contributed by atoms with Gasteiger partial charge < -0.3 is 15.0 Å². The third-order valence-corrected chi connectivity index (χ3v) is 4.91. The second-order valence-corrected chi connectivity index (χ2v) is 6.80. The van der Waals surface area contributed by atoms with E-state index >= 15 is 0 Å². The van der Waals surface area contributed by atoms with E-state index < -0.39 is 0 Å². The molecular formula is C18H23N3O2S. The highest BCUT2D eigenvalue weighted by Gasteiger charge is 2.25. The number of benzene rings is 1. The predicted octanol–water partition coefficient (Wildman–Crippen LogP) is 2.79. The van der Waals surface area contributed by atoms with Gasteiger partial charge in [-0.1, -0.05) is 12.1 Å². The largest absolute Gasteiger partial charge is 0.486 e. The summed E-state index contributed by atoms with van der Waals surface area (Å²) in [6.45, 7) is 2.96. The first-order chi connectivity index (χ1) is 11.8. The van der Waals surface area contributed by atoms with Gasteiger partial charge in [0.25, 0.3) is 5.91 Å². The van der Waals surface area contributed by atoms with Crippen molar-refractivity contribution in [3.63, 3.8) is 0 Å². The monoisotopic (exact) mass is 345 g/mol. The zero-order chi connectivity index (χ0) is 16.8. The number of ether oxygens (including phenoxy) is 1. The molecule has 1 N–H and O–H groups in total. The number of carbonyl (C=O) groups excluding carboxylic acids is 1. The second-order valence-electron chi connectivity index (χ2n) is 6.08. The van der Waals surface area contributed by atoms with Crippen molar-refractivity contribution in [2.24, 2.45) is 5.92 Å². The first-order valence-electron chi connectivity index (χ1n) is 8.30. The van der Waals surface area contributed by atoms with Gasteiger partial charge in [-0.05, 0) is 44.5 Å². The third kappa shape index (κ3) is 4.13. The van der Waals surface area contributed by atoms with Gasteiger partial charge in [-0.25, -0.2) is 4.98 Å². The maximum absolute atomic E-state index is 12.9. The summed E-state index contributed by atoms with van der Waals surface area (Å²) in [5.41, 5.74) is 3.30. The molecule has 1 fully saturated rings. The Morgan fingerprint density at radius 3 is 3.12 bits per heavy atom. The van der Waals surface area contributed by atoms with Gasteiger partial charge in [0.05, 0.1) is 16.8 Å². The maximum atomic E-state index is 12.9. The molecule has 6 heteroatoms. The summed E-state index contributed by atoms with van der Waals surface area (Å²) in [5, 5.41) is 5.17. The average Bonchev–Trinajstić information content (AvgIpc) is 3.14. The standard InChI is InChI=1S/C18H23N3O2S/c1-19-9-14-5-4-8-21(10-14)18(22)16-6-2-3-7-17(16)23-11-15-12-24-13-20-15/h2-3,6-7,12-14,19H,4-5,8-11H2,1H3/t14-/m0/s1. The van der Waals surface area contributed by atoms with Crippen molar-refractivity contribution in [1.82, 2.24) is 15.2 Å². The van der Waals surface area contributed by atoms with Gasteiger partial charge in [0.1, 0.15) is 12.4 Å². The summed E-state index contributed by atoms with van der Waals surface area (Å²) < 4.78 is 5.85. The van der Waals surface area contributed by atoms with Crippen LogP contribution in [0.3, 0.4) is 0 Å². The highest BCUT2D eigenvalue weighted by molar-refractivity contribution is 7.07. The molecule has 0 radical (unpaired) electrons. The Labute approximate surface area is 146 Å². The number of hydrogen-bond acceptors (Lipinski definition) is 5. The van der Waals surface area contributed by atoms with Gasteiger partial charge in [-0.2, -0.15) is 0 Å². The van der Waals surface area contributed by atoms with E-state index in [-0.39, 0.29) is 5.91 Å². The first kappa shape index (κ1) is 16.9. The Morgan fingerprint density at radius 1 is 1.46 bits per heavy atom. The molecule has 128 valence electrons. The summed E-state index contributed by atoms with van der Waals surface area (Å²) in [6, 6.07) is 7.49. The molecule has 1 aliphatic rings. The van der Waals surface area contributed by atoms with Crippen LogP contribution in [0.4, 0.5) is 0 Å². The van der Waals surface area contributed by atoms with Crippen LogP contribution in [0.25, 0.3) is 0 Å². The molecule has 2 heterocycles. The number of rotatable bonds is 6. The van der Waals surface area contributed by atoms with Crippen LogP contribution in [0.1, 0.15) is 28.9 Å². The molecule has 1 amide bonds. The van der Waals surface area contributed by atoms with Crippen LogP contribution >= 0.6 is 11.3 Å². The van der Waals surface area contributed by atoms with Gasteiger partial charge in [-0.15, -0.1) is 11.3 Å². The summed E-state index contributed by atoms with van der Waals surface area (Å²) >= 11 is 1.54. The minimum atomic E-state index is 0.0599. The maximum Gasteiger partial charge on any atom is 0.257 e. The van der Waals surface area contributed by atoms with Crippen molar-refractivity contribution in [2.45, 2.75) is 19.4 Å². The van der Waals surface area contributed by atoms with E-state index in [0.717, 1.165) is 31.7 Å². The Balaban J connectivity index is 1.70. The van der Waals surface area contributed by atoms with Gasteiger partial charge in [0.15, 0.2) is 0 Å². The lowest BCUT2D eigenvalue weighted by Crippen LogP contribution is -2.42. The number of amides is 1. The molecule has 5 nitrogen and oxygen atoms in total. The van der Waals surface area contributed by atoms with E-state index in [2.05, 4.69) is 10.3 Å². The molecular weight excluding hydrogens is 322 g/mol. The fourth-order valence-corrected chi connectivity index (χ4v) is 3.65. The van der Waals surface area contributed by atoms with E-state index in [0.29, 0.717) is 23.8 Å². The summed E-state index contributed by atoms with van der Waals surface area (Å²) in [6.07, 6.45) is 2.23. The van der Waals surface area contributed by atoms with E-state index in [4.69, 9.17) is 4.74 Å². The van der Waals surface area contributed by atoms with Crippen LogP contribution in [-0.4, -0.2) is 42.5 Å². The Morgan fingerprint density at radius 2 is 2.33 bits per heavy atom. The number of aromatic nitrogens is 1. The van der Waals surface area contributed by atoms with Crippen LogP contribution in [0.15, 0.2) is 35.2 Å². The number of carbonyl (C=O) groups is 1. The number of likely N-dealkylation sites (tertiary alicyclic amines) is 1. The zero-order valence-electron chi connectivity index (χ0n) is 13.9. The molecule has 1 aliphatic heterocycles. The molecule has 1 atom stereocenters. The van der Waals surface area contributed by atoms with Crippen molar-refractivity contribution >= 4 is 17.2 Å². The lowest BCUT2D eigenvalue weighted by atomic mass is 9.97. The Kier molecular flexibility index (Phi) is 5.82. The van der Waals surface area contributed by atoms with Gasteiger partial charge in [0.2, 0.25) is 0 Å². The first-order valence-corrected chi connectivity index (χ1v) is 9.25. The minimum absolute atomic E-state index is 0.0599. The molecule has 3 rings (SSSR count). The molecule has 0 unspecified atom stereocenters. The van der Waals surface area contributed by atoms with Gasteiger partial charge in [0, 0.05) is 18.5 Å². The van der Waals surface area contributed by atoms with Crippen LogP contribution in [0.2, 0.25) is 0 Å². The summed E-state index contributed by atoms with van der Waals surface area (Å²) in [7, 11) is 1.96. The highest BCUT2D eigenvalue weighted by Crippen LogP contribution is 2.24. The molecule has 1 saturated heterocycles. The van der Waals surface area contributed by atoms with Crippen LogP contribution < -0.4 is 10.1 Å². The number of nitrogens with one attached hydrogen (secondary N) is 1. The molecule has 0 saturated carbocycles. The molecule has 0 spiro atoms. The second kappa shape index (κ2) is 8.26. The fraction of sp³-hybridized carbons (Fsp3) is 0.444. The number of hydrogen-bond donors (Lipinski definition) is 1. The molecule has 1 aromatic heterocycles. The zero-order valence-corrected chi connectivity index (χ0v) is 14.7. The van der Waals surface area contributed by atoms with Crippen molar-refractivity contribution in [1.29, 1.82) is 0 Å². The summed E-state index contributed by atoms with van der Waals surface area (Å²) in [5.74, 6) is 1.21. The molecule has 2 aromatic rings. The van der Waals surface area contributed by atoms with Crippen molar-refractivity contribution in [2.75, 3.05) is 26.7 Å². The van der Waals surface area contributed by atoms with E-state index in [1.165, 1.54) is 6.42 Å². The fourth-order valence-electron chi connectivity index (χ4n) is 3.10. The van der Waals surface area contributed by atoms with E-state index in [1.54, 1.807) is 16.8 Å². The SMILES string of the molecule is CNC[C@@H]1CCCN(C(=O)c2ccccc2OCc2cscn2)C1. The van der Waals surface area contributed by atoms with Crippen molar-refractivity contribution in [3.05, 3.63) is 46.4 Å². The van der Waals surface area contributed by atoms with Crippen LogP contribution in [-0.2, 0) is 6.61 Å². The lowest BCUT2D eigenvalue weighted by Gasteiger charge is -2.33. The normalized spacial score (nSPS) is 17.7. The number of piperidine rings is 1. The topological polar surface area (TPSA) is 54.5 Å². The number of thiazole rings is 1. The Hall–Kier alpha value is -1.92. The minimum Gasteiger partial charge on any atom is -0.486 e. The number of nitrogens with zero attached hydrogens (tertiary/aromatic N) is 2. The third-order valence-electron chi connectivity index (χ3n) is 4.28. The van der Waals surface area contributed by atoms with Crippen LogP contribution in [0.5, 0.6) is 5.75 Å². The van der Waals surface area contributed by atoms with E-state index in [1.807, 2.05) is 41.6 Å². The predicted molar refractivity (Wildman–Crippen MR) is 95.4 cm³/mol. The molecule has 0 aliphatic carbocycles. The smallest absolute Gasteiger partial charge is 0.257 e. The van der Waals surface area contributed by atoms with Crippen molar-refractivity contribution in [3.8, 4) is 5.75 Å². The van der Waals surface area contributed by atoms with Crippen molar-refractivity contribution < 1.29 is 9.53 Å². The van der Waals surface area contributed by atoms with E-state index in [9.17, 15) is 4.79 Å². The number of para-hydroxylation sites is 1. The molecule has 24 heavy (non-hydrogen) atoms. The van der Waals surface area contributed by atoms with Crippen LogP contribution in [0, 0.1) is 5.92 Å². The Bertz CT molecular complexity index is 658. The quantitative estimate of drug-likeness (QED) is 0.875. The van der Waals surface area contributed by atoms with Gasteiger partial charge in [-0.3, -0.25) is 4.79 Å². The van der Waals surface area contributed by atoms with Gasteiger partial charge >= 0.3 is 0 Å². The molecule has 0 bridgehead atoms. The lowest BCUT2D eigenvalue weighted by molar-refractivity contribution is 0.0669. The molecule has 1 aromatic carbocycles. The highest BCUT2D eigenvalue weighted by atomic mass is 32.1. The average molecular weight is 345 g/mol.